The number of benzene rings is 1. The average Bonchev–Trinajstić information content (AvgIpc) is 2.60. The van der Waals surface area contributed by atoms with Crippen molar-refractivity contribution < 1.29 is 22.7 Å². The van der Waals surface area contributed by atoms with Gasteiger partial charge in [-0.25, -0.2) is 13.2 Å². The fourth-order valence-electron chi connectivity index (χ4n) is 3.01. The summed E-state index contributed by atoms with van der Waals surface area (Å²) in [5, 5.41) is 2.60. The summed E-state index contributed by atoms with van der Waals surface area (Å²) >= 11 is 6.14. The molecule has 7 nitrogen and oxygen atoms in total. The van der Waals surface area contributed by atoms with Gasteiger partial charge in [0.25, 0.3) is 5.91 Å². The maximum absolute atomic E-state index is 13.0. The molecule has 1 fully saturated rings. The molecule has 27 heavy (non-hydrogen) atoms. The quantitative estimate of drug-likeness (QED) is 0.744. The zero-order valence-electron chi connectivity index (χ0n) is 15.9. The predicted molar refractivity (Wildman–Crippen MR) is 102 cm³/mol. The van der Waals surface area contributed by atoms with Gasteiger partial charge in [-0.3, -0.25) is 4.79 Å². The fraction of sp³-hybridized carbons (Fsp3) is 0.556. The number of rotatable bonds is 5. The highest BCUT2D eigenvalue weighted by Gasteiger charge is 2.33. The number of amides is 1. The molecule has 1 aromatic rings. The molecule has 1 heterocycles. The van der Waals surface area contributed by atoms with E-state index in [-0.39, 0.29) is 21.4 Å². The second-order valence-corrected chi connectivity index (χ2v) is 9.64. The second kappa shape index (κ2) is 8.16. The Morgan fingerprint density at radius 1 is 1.33 bits per heavy atom. The van der Waals surface area contributed by atoms with E-state index in [1.807, 2.05) is 6.92 Å². The van der Waals surface area contributed by atoms with Crippen LogP contribution in [0, 0.1) is 5.92 Å². The molecule has 1 saturated heterocycles. The first kappa shape index (κ1) is 21.7. The molecule has 0 aliphatic carbocycles. The average molecular weight is 417 g/mol. The van der Waals surface area contributed by atoms with Crippen LogP contribution in [-0.4, -0.2) is 50.3 Å². The first-order valence-corrected chi connectivity index (χ1v) is 10.5. The van der Waals surface area contributed by atoms with Gasteiger partial charge in [0.1, 0.15) is 10.4 Å². The molecule has 1 N–H and O–H groups in total. The molecule has 1 amide bonds. The molecular formula is C18H25ClN2O5S. The monoisotopic (exact) mass is 416 g/mol. The number of hydrogen-bond acceptors (Lipinski definition) is 5. The Hall–Kier alpha value is -1.64. The zero-order chi connectivity index (χ0) is 20.4. The van der Waals surface area contributed by atoms with Gasteiger partial charge < -0.3 is 10.1 Å². The Bertz CT molecular complexity index is 838. The van der Waals surface area contributed by atoms with Crippen molar-refractivity contribution in [2.24, 2.45) is 5.92 Å². The number of nitrogens with zero attached hydrogens (tertiary/aromatic N) is 1. The van der Waals surface area contributed by atoms with Crippen molar-refractivity contribution in [2.45, 2.75) is 44.0 Å². The fourth-order valence-corrected chi connectivity index (χ4v) is 5.11. The van der Waals surface area contributed by atoms with E-state index in [9.17, 15) is 18.0 Å². The van der Waals surface area contributed by atoms with Crippen molar-refractivity contribution >= 4 is 33.5 Å². The van der Waals surface area contributed by atoms with Gasteiger partial charge in [-0.05, 0) is 50.8 Å². The van der Waals surface area contributed by atoms with E-state index in [4.69, 9.17) is 11.6 Å². The number of sulfonamides is 1. The topological polar surface area (TPSA) is 92.8 Å². The lowest BCUT2D eigenvalue weighted by Gasteiger charge is -2.30. The number of methoxy groups -OCH3 is 1. The number of piperidine rings is 1. The van der Waals surface area contributed by atoms with E-state index in [0.29, 0.717) is 13.1 Å². The normalized spacial score (nSPS) is 18.8. The first-order chi connectivity index (χ1) is 12.5. The molecule has 0 unspecified atom stereocenters. The highest BCUT2D eigenvalue weighted by molar-refractivity contribution is 7.89. The third-order valence-electron chi connectivity index (χ3n) is 4.55. The summed E-state index contributed by atoms with van der Waals surface area (Å²) < 4.78 is 32.1. The molecule has 0 radical (unpaired) electrons. The highest BCUT2D eigenvalue weighted by Crippen LogP contribution is 2.29. The lowest BCUT2D eigenvalue weighted by atomic mass is 10.0. The minimum atomic E-state index is -3.82. The van der Waals surface area contributed by atoms with E-state index in [1.165, 1.54) is 43.5 Å². The molecule has 0 aromatic heterocycles. The summed E-state index contributed by atoms with van der Waals surface area (Å²) in [6.07, 6.45) is 1.76. The summed E-state index contributed by atoms with van der Waals surface area (Å²) in [5.41, 5.74) is -1.16. The van der Waals surface area contributed by atoms with Crippen LogP contribution in [-0.2, 0) is 19.6 Å². The van der Waals surface area contributed by atoms with Crippen molar-refractivity contribution in [2.75, 3.05) is 20.2 Å². The molecule has 2 rings (SSSR count). The van der Waals surface area contributed by atoms with E-state index in [2.05, 4.69) is 10.1 Å². The molecule has 150 valence electrons. The smallest absolute Gasteiger partial charge is 0.330 e. The minimum Gasteiger partial charge on any atom is -0.467 e. The maximum atomic E-state index is 13.0. The van der Waals surface area contributed by atoms with E-state index < -0.39 is 27.4 Å². The number of carbonyl (C=O) groups is 2. The van der Waals surface area contributed by atoms with E-state index >= 15 is 0 Å². The molecule has 1 aliphatic rings. The van der Waals surface area contributed by atoms with Gasteiger partial charge in [0.05, 0.1) is 12.1 Å². The maximum Gasteiger partial charge on any atom is 0.330 e. The molecule has 0 saturated carbocycles. The number of esters is 1. The third kappa shape index (κ3) is 4.80. The molecular weight excluding hydrogens is 392 g/mol. The van der Waals surface area contributed by atoms with Crippen LogP contribution >= 0.6 is 11.6 Å². The Morgan fingerprint density at radius 3 is 2.59 bits per heavy atom. The van der Waals surface area contributed by atoms with Crippen molar-refractivity contribution in [3.8, 4) is 0 Å². The lowest BCUT2D eigenvalue weighted by molar-refractivity contribution is -0.146. The number of halogens is 1. The first-order valence-electron chi connectivity index (χ1n) is 8.69. The number of carbonyl (C=O) groups excluding carboxylic acids is 2. The van der Waals surface area contributed by atoms with Gasteiger partial charge in [0.2, 0.25) is 10.0 Å². The minimum absolute atomic E-state index is 0.0528. The van der Waals surface area contributed by atoms with E-state index in [0.717, 1.165) is 12.8 Å². The SMILES string of the molecule is COC(=O)C(C)(C)NC(=O)c1ccc(Cl)c(S(=O)(=O)N2CCC[C@H](C)C2)c1. The van der Waals surface area contributed by atoms with E-state index in [1.54, 1.807) is 0 Å². The summed E-state index contributed by atoms with van der Waals surface area (Å²) in [6.45, 7) is 5.85. The van der Waals surface area contributed by atoms with Crippen LogP contribution in [0.3, 0.4) is 0 Å². The van der Waals surface area contributed by atoms with Gasteiger partial charge in [-0.2, -0.15) is 4.31 Å². The van der Waals surface area contributed by atoms with Crippen molar-refractivity contribution in [3.63, 3.8) is 0 Å². The summed E-state index contributed by atoms with van der Waals surface area (Å²) in [7, 11) is -2.59. The van der Waals surface area contributed by atoms with Gasteiger partial charge in [0.15, 0.2) is 0 Å². The lowest BCUT2D eigenvalue weighted by Crippen LogP contribution is -2.50. The molecule has 0 bridgehead atoms. The predicted octanol–water partition coefficient (Wildman–Crippen LogP) is 2.44. The van der Waals surface area contributed by atoms with Crippen LogP contribution in [0.15, 0.2) is 23.1 Å². The number of nitrogens with one attached hydrogen (secondary N) is 1. The van der Waals surface area contributed by atoms with Gasteiger partial charge >= 0.3 is 5.97 Å². The number of ether oxygens (including phenoxy) is 1. The zero-order valence-corrected chi connectivity index (χ0v) is 17.5. The molecule has 9 heteroatoms. The molecule has 0 spiro atoms. The Kier molecular flexibility index (Phi) is 6.55. The standard InChI is InChI=1S/C18H25ClN2O5S/c1-12-6-5-9-21(11-12)27(24,25)15-10-13(7-8-14(15)19)16(22)20-18(2,3)17(23)26-4/h7-8,10,12H,5-6,9,11H2,1-4H3,(H,20,22)/t12-/m0/s1. The van der Waals surface area contributed by atoms with Crippen molar-refractivity contribution in [1.29, 1.82) is 0 Å². The summed E-state index contributed by atoms with van der Waals surface area (Å²) in [6, 6.07) is 4.05. The third-order valence-corrected chi connectivity index (χ3v) is 6.90. The van der Waals surface area contributed by atoms with Crippen LogP contribution in [0.25, 0.3) is 0 Å². The van der Waals surface area contributed by atoms with Crippen LogP contribution in [0.5, 0.6) is 0 Å². The van der Waals surface area contributed by atoms with Crippen LogP contribution in [0.4, 0.5) is 0 Å². The number of hydrogen-bond donors (Lipinski definition) is 1. The molecule has 1 atom stereocenters. The largest absolute Gasteiger partial charge is 0.467 e. The molecule has 1 aliphatic heterocycles. The van der Waals surface area contributed by atoms with Gasteiger partial charge in [-0.15, -0.1) is 0 Å². The van der Waals surface area contributed by atoms with Crippen LogP contribution < -0.4 is 5.32 Å². The van der Waals surface area contributed by atoms with Gasteiger partial charge in [-0.1, -0.05) is 18.5 Å². The van der Waals surface area contributed by atoms with Crippen LogP contribution in [0.1, 0.15) is 44.0 Å². The van der Waals surface area contributed by atoms with Crippen molar-refractivity contribution in [3.05, 3.63) is 28.8 Å². The Labute approximate surface area is 165 Å². The Morgan fingerprint density at radius 2 is 2.00 bits per heavy atom. The van der Waals surface area contributed by atoms with Crippen LogP contribution in [0.2, 0.25) is 5.02 Å². The summed E-state index contributed by atoms with van der Waals surface area (Å²) in [5.74, 6) is -0.940. The summed E-state index contributed by atoms with van der Waals surface area (Å²) in [4.78, 5) is 24.2. The highest BCUT2D eigenvalue weighted by atomic mass is 35.5. The Balaban J connectivity index is 2.33. The molecule has 1 aromatic carbocycles. The second-order valence-electron chi connectivity index (χ2n) is 7.33. The van der Waals surface area contributed by atoms with Crippen molar-refractivity contribution in [1.82, 2.24) is 9.62 Å². The van der Waals surface area contributed by atoms with Gasteiger partial charge in [0, 0.05) is 18.7 Å².